The van der Waals surface area contributed by atoms with Crippen molar-refractivity contribution < 1.29 is 4.79 Å². The number of piperidine rings is 1. The molecule has 2 heterocycles. The van der Waals surface area contributed by atoms with Crippen LogP contribution in [0, 0.1) is 5.92 Å². The number of hydrogen-bond acceptors (Lipinski definition) is 3. The van der Waals surface area contributed by atoms with Crippen molar-refractivity contribution >= 4 is 17.6 Å². The number of aliphatic imine (C=N–C) groups is 1. The fourth-order valence-corrected chi connectivity index (χ4v) is 3.79. The standard InChI is InChI=1S/C23H35N5O/c1-4-24-23(26-20-11-15-28(16-12-20)22(29)18(2)3)25-17-19-7-9-21(10-8-19)27-13-5-6-14-27/h5-10,18,20H,4,11-17H2,1-3H3,(H2,24,25,26). The maximum absolute atomic E-state index is 12.2. The van der Waals surface area contributed by atoms with Crippen LogP contribution in [0.25, 0.3) is 0 Å². The van der Waals surface area contributed by atoms with Gasteiger partial charge in [-0.1, -0.05) is 38.1 Å². The van der Waals surface area contributed by atoms with Crippen LogP contribution in [0.2, 0.25) is 0 Å². The van der Waals surface area contributed by atoms with Gasteiger partial charge in [-0.25, -0.2) is 4.99 Å². The summed E-state index contributed by atoms with van der Waals surface area (Å²) in [6, 6.07) is 9.04. The minimum Gasteiger partial charge on any atom is -0.364 e. The zero-order valence-electron chi connectivity index (χ0n) is 18.0. The molecule has 0 unspecified atom stereocenters. The van der Waals surface area contributed by atoms with Crippen molar-refractivity contribution in [2.24, 2.45) is 10.9 Å². The Morgan fingerprint density at radius 2 is 1.79 bits per heavy atom. The van der Waals surface area contributed by atoms with Gasteiger partial charge in [-0.3, -0.25) is 4.79 Å². The Bertz CT molecular complexity index is 709. The van der Waals surface area contributed by atoms with Crippen molar-refractivity contribution in [1.82, 2.24) is 15.5 Å². The topological polar surface area (TPSA) is 60.0 Å². The number of guanidine groups is 1. The lowest BCUT2D eigenvalue weighted by molar-refractivity contribution is -0.135. The Hall–Kier alpha value is -2.50. The van der Waals surface area contributed by atoms with Crippen molar-refractivity contribution in [2.45, 2.75) is 46.2 Å². The Morgan fingerprint density at radius 3 is 2.38 bits per heavy atom. The molecule has 1 amide bonds. The Kier molecular flexibility index (Phi) is 7.55. The van der Waals surface area contributed by atoms with Crippen LogP contribution in [0.1, 0.15) is 39.2 Å². The van der Waals surface area contributed by atoms with Crippen molar-refractivity contribution in [1.29, 1.82) is 0 Å². The zero-order valence-corrected chi connectivity index (χ0v) is 18.0. The van der Waals surface area contributed by atoms with Crippen LogP contribution in [-0.2, 0) is 11.3 Å². The van der Waals surface area contributed by atoms with Crippen LogP contribution >= 0.6 is 0 Å². The molecule has 1 aromatic rings. The molecule has 0 spiro atoms. The van der Waals surface area contributed by atoms with Gasteiger partial charge in [0.15, 0.2) is 5.96 Å². The lowest BCUT2D eigenvalue weighted by Crippen LogP contribution is -2.50. The lowest BCUT2D eigenvalue weighted by atomic mass is 10.0. The van der Waals surface area contributed by atoms with E-state index in [0.717, 1.165) is 51.5 Å². The predicted octanol–water partition coefficient (Wildman–Crippen LogP) is 2.76. The molecule has 0 aliphatic carbocycles. The van der Waals surface area contributed by atoms with Crippen LogP contribution in [0.5, 0.6) is 0 Å². The van der Waals surface area contributed by atoms with E-state index in [4.69, 9.17) is 4.99 Å². The van der Waals surface area contributed by atoms with Crippen molar-refractivity contribution in [3.63, 3.8) is 0 Å². The van der Waals surface area contributed by atoms with Gasteiger partial charge in [-0.2, -0.15) is 0 Å². The number of carbonyl (C=O) groups excluding carboxylic acids is 1. The highest BCUT2D eigenvalue weighted by Crippen LogP contribution is 2.18. The summed E-state index contributed by atoms with van der Waals surface area (Å²) in [7, 11) is 0. The number of anilines is 1. The van der Waals surface area contributed by atoms with E-state index in [9.17, 15) is 4.79 Å². The monoisotopic (exact) mass is 397 g/mol. The molecule has 3 rings (SSSR count). The molecule has 0 bridgehead atoms. The summed E-state index contributed by atoms with van der Waals surface area (Å²) in [6.45, 7) is 11.1. The smallest absolute Gasteiger partial charge is 0.225 e. The van der Waals surface area contributed by atoms with Crippen LogP contribution < -0.4 is 15.5 Å². The van der Waals surface area contributed by atoms with E-state index in [0.29, 0.717) is 12.6 Å². The van der Waals surface area contributed by atoms with Gasteiger partial charge < -0.3 is 20.4 Å². The van der Waals surface area contributed by atoms with E-state index in [1.807, 2.05) is 18.7 Å². The largest absolute Gasteiger partial charge is 0.364 e. The number of likely N-dealkylation sites (tertiary alicyclic amines) is 1. The molecule has 0 atom stereocenters. The van der Waals surface area contributed by atoms with E-state index in [1.54, 1.807) is 0 Å². The van der Waals surface area contributed by atoms with Gasteiger partial charge in [-0.15, -0.1) is 0 Å². The second kappa shape index (κ2) is 10.3. The van der Waals surface area contributed by atoms with E-state index in [1.165, 1.54) is 11.3 Å². The average Bonchev–Trinajstić information content (AvgIpc) is 3.27. The summed E-state index contributed by atoms with van der Waals surface area (Å²) in [5.41, 5.74) is 2.46. The minimum atomic E-state index is 0.0755. The maximum atomic E-state index is 12.2. The minimum absolute atomic E-state index is 0.0755. The maximum Gasteiger partial charge on any atom is 0.225 e. The lowest BCUT2D eigenvalue weighted by Gasteiger charge is -2.34. The summed E-state index contributed by atoms with van der Waals surface area (Å²) >= 11 is 0. The highest BCUT2D eigenvalue weighted by Gasteiger charge is 2.24. The van der Waals surface area contributed by atoms with Crippen LogP contribution in [0.15, 0.2) is 41.4 Å². The number of nitrogens with zero attached hydrogens (tertiary/aromatic N) is 3. The number of hydrogen-bond donors (Lipinski definition) is 2. The second-order valence-electron chi connectivity index (χ2n) is 8.14. The van der Waals surface area contributed by atoms with E-state index >= 15 is 0 Å². The molecule has 29 heavy (non-hydrogen) atoms. The quantitative estimate of drug-likeness (QED) is 0.440. The number of nitrogens with one attached hydrogen (secondary N) is 2. The Labute approximate surface area is 175 Å². The predicted molar refractivity (Wildman–Crippen MR) is 120 cm³/mol. The SMILES string of the molecule is CCNC(=NCc1ccc(N2CC=CC2)cc1)NC1CCN(C(=O)C(C)C)CC1. The van der Waals surface area contributed by atoms with E-state index in [2.05, 4.69) is 58.9 Å². The molecule has 0 radical (unpaired) electrons. The molecular formula is C23H35N5O. The zero-order chi connectivity index (χ0) is 20.6. The summed E-state index contributed by atoms with van der Waals surface area (Å²) in [5.74, 6) is 1.19. The molecule has 6 nitrogen and oxygen atoms in total. The van der Waals surface area contributed by atoms with E-state index < -0.39 is 0 Å². The van der Waals surface area contributed by atoms with Gasteiger partial charge in [0, 0.05) is 50.4 Å². The van der Waals surface area contributed by atoms with Gasteiger partial charge in [0.2, 0.25) is 5.91 Å². The normalized spacial score (nSPS) is 17.9. The Balaban J connectivity index is 1.51. The third kappa shape index (κ3) is 5.99. The molecule has 158 valence electrons. The van der Waals surface area contributed by atoms with Gasteiger partial charge >= 0.3 is 0 Å². The number of rotatable bonds is 6. The van der Waals surface area contributed by atoms with Gasteiger partial charge in [0.25, 0.3) is 0 Å². The summed E-state index contributed by atoms with van der Waals surface area (Å²) < 4.78 is 0. The van der Waals surface area contributed by atoms with Gasteiger partial charge in [-0.05, 0) is 37.5 Å². The van der Waals surface area contributed by atoms with E-state index in [-0.39, 0.29) is 11.8 Å². The van der Waals surface area contributed by atoms with Crippen molar-refractivity contribution in [3.8, 4) is 0 Å². The third-order valence-electron chi connectivity index (χ3n) is 5.53. The highest BCUT2D eigenvalue weighted by atomic mass is 16.2. The average molecular weight is 398 g/mol. The molecule has 0 saturated carbocycles. The first-order valence-corrected chi connectivity index (χ1v) is 10.9. The molecule has 6 heteroatoms. The summed E-state index contributed by atoms with van der Waals surface area (Å²) in [6.07, 6.45) is 6.33. The van der Waals surface area contributed by atoms with Gasteiger partial charge in [0.05, 0.1) is 6.54 Å². The van der Waals surface area contributed by atoms with Crippen LogP contribution in [-0.4, -0.2) is 55.5 Å². The molecule has 2 N–H and O–H groups in total. The van der Waals surface area contributed by atoms with Crippen molar-refractivity contribution in [3.05, 3.63) is 42.0 Å². The third-order valence-corrected chi connectivity index (χ3v) is 5.53. The van der Waals surface area contributed by atoms with Crippen LogP contribution in [0.3, 0.4) is 0 Å². The number of amides is 1. The highest BCUT2D eigenvalue weighted by molar-refractivity contribution is 5.80. The molecule has 1 saturated heterocycles. The summed E-state index contributed by atoms with van der Waals surface area (Å²) in [4.78, 5) is 21.3. The fourth-order valence-electron chi connectivity index (χ4n) is 3.79. The Morgan fingerprint density at radius 1 is 1.14 bits per heavy atom. The van der Waals surface area contributed by atoms with Crippen molar-refractivity contribution in [2.75, 3.05) is 37.6 Å². The molecule has 1 aromatic carbocycles. The second-order valence-corrected chi connectivity index (χ2v) is 8.14. The molecule has 1 fully saturated rings. The first-order chi connectivity index (χ1) is 14.1. The molecular weight excluding hydrogens is 362 g/mol. The molecule has 0 aromatic heterocycles. The first kappa shape index (κ1) is 21.2. The number of carbonyl (C=O) groups is 1. The van der Waals surface area contributed by atoms with Crippen LogP contribution in [0.4, 0.5) is 5.69 Å². The fraction of sp³-hybridized carbons (Fsp3) is 0.565. The molecule has 2 aliphatic rings. The number of benzene rings is 1. The van der Waals surface area contributed by atoms with Gasteiger partial charge in [0.1, 0.15) is 0 Å². The first-order valence-electron chi connectivity index (χ1n) is 10.9. The molecule has 2 aliphatic heterocycles. The summed E-state index contributed by atoms with van der Waals surface area (Å²) in [5, 5.41) is 6.91.